The first-order chi connectivity index (χ1) is 8.79. The Morgan fingerprint density at radius 1 is 1.39 bits per heavy atom. The van der Waals surface area contributed by atoms with Crippen LogP contribution in [0, 0.1) is 5.92 Å². The smallest absolute Gasteiger partial charge is 0.143 e. The molecular weight excluding hydrogens is 226 g/mol. The number of fused-ring (bicyclic) bond motifs is 1. The van der Waals surface area contributed by atoms with Gasteiger partial charge in [0.15, 0.2) is 0 Å². The predicted molar refractivity (Wildman–Crippen MR) is 72.8 cm³/mol. The molecule has 1 fully saturated rings. The zero-order chi connectivity index (χ0) is 12.5. The van der Waals surface area contributed by atoms with Gasteiger partial charge in [-0.1, -0.05) is 6.92 Å². The van der Waals surface area contributed by atoms with Crippen LogP contribution in [0.4, 0.5) is 5.82 Å². The molecule has 18 heavy (non-hydrogen) atoms. The Labute approximate surface area is 106 Å². The van der Waals surface area contributed by atoms with Gasteiger partial charge < -0.3 is 15.6 Å². The molecule has 1 aliphatic heterocycles. The zero-order valence-electron chi connectivity index (χ0n) is 10.8. The molecular formula is C13H19N5. The van der Waals surface area contributed by atoms with E-state index in [0.717, 1.165) is 35.8 Å². The molecule has 3 heterocycles. The number of H-pyrrole nitrogens is 1. The van der Waals surface area contributed by atoms with Crippen LogP contribution in [0.1, 0.15) is 25.1 Å². The van der Waals surface area contributed by atoms with E-state index in [2.05, 4.69) is 32.5 Å². The minimum Gasteiger partial charge on any atom is -0.372 e. The molecule has 0 radical (unpaired) electrons. The molecule has 5 heteroatoms. The summed E-state index contributed by atoms with van der Waals surface area (Å²) in [7, 11) is 1.90. The van der Waals surface area contributed by atoms with Crippen molar-refractivity contribution in [3.8, 4) is 0 Å². The third-order valence-electron chi connectivity index (χ3n) is 3.83. The largest absolute Gasteiger partial charge is 0.372 e. The molecule has 2 aromatic heterocycles. The van der Waals surface area contributed by atoms with E-state index < -0.39 is 0 Å². The number of rotatable bonds is 2. The molecule has 1 saturated heterocycles. The summed E-state index contributed by atoms with van der Waals surface area (Å²) in [6.45, 7) is 4.35. The topological polar surface area (TPSA) is 65.6 Å². The summed E-state index contributed by atoms with van der Waals surface area (Å²) in [5.74, 6) is 2.88. The fourth-order valence-electron chi connectivity index (χ4n) is 2.65. The third kappa shape index (κ3) is 1.84. The summed E-state index contributed by atoms with van der Waals surface area (Å²) in [5, 5.41) is 7.64. The Hall–Kier alpha value is -1.62. The Kier molecular flexibility index (Phi) is 2.91. The van der Waals surface area contributed by atoms with Crippen molar-refractivity contribution < 1.29 is 0 Å². The summed E-state index contributed by atoms with van der Waals surface area (Å²) in [6.07, 6.45) is 3.10. The van der Waals surface area contributed by atoms with Gasteiger partial charge in [0.2, 0.25) is 0 Å². The number of hydrogen-bond acceptors (Lipinski definition) is 4. The van der Waals surface area contributed by atoms with Gasteiger partial charge in [0.1, 0.15) is 17.3 Å². The quantitative estimate of drug-likeness (QED) is 0.753. The van der Waals surface area contributed by atoms with Gasteiger partial charge in [0.25, 0.3) is 0 Å². The molecule has 3 rings (SSSR count). The number of nitrogens with zero attached hydrogens (tertiary/aromatic N) is 2. The van der Waals surface area contributed by atoms with Gasteiger partial charge in [0, 0.05) is 25.7 Å². The molecule has 5 nitrogen and oxygen atoms in total. The van der Waals surface area contributed by atoms with Gasteiger partial charge in [-0.2, -0.15) is 0 Å². The van der Waals surface area contributed by atoms with Crippen molar-refractivity contribution in [2.75, 3.05) is 25.5 Å². The number of anilines is 1. The van der Waals surface area contributed by atoms with Gasteiger partial charge in [-0.3, -0.25) is 0 Å². The predicted octanol–water partition coefficient (Wildman–Crippen LogP) is 1.71. The molecule has 0 saturated carbocycles. The van der Waals surface area contributed by atoms with Crippen molar-refractivity contribution in [2.24, 2.45) is 5.92 Å². The Bertz CT molecular complexity index is 547. The molecule has 0 amide bonds. The average molecular weight is 245 g/mol. The van der Waals surface area contributed by atoms with E-state index in [0.29, 0.717) is 11.8 Å². The molecule has 1 aliphatic rings. The third-order valence-corrected chi connectivity index (χ3v) is 3.83. The number of nitrogens with one attached hydrogen (secondary N) is 3. The van der Waals surface area contributed by atoms with Crippen molar-refractivity contribution in [3.05, 3.63) is 18.1 Å². The molecule has 0 aliphatic carbocycles. The van der Waals surface area contributed by atoms with Crippen LogP contribution in [0.25, 0.3) is 11.0 Å². The van der Waals surface area contributed by atoms with E-state index in [4.69, 9.17) is 0 Å². The van der Waals surface area contributed by atoms with E-state index in [1.165, 1.54) is 6.42 Å². The lowest BCUT2D eigenvalue weighted by Crippen LogP contribution is -2.34. The number of aromatic amines is 1. The van der Waals surface area contributed by atoms with Crippen LogP contribution < -0.4 is 10.6 Å². The van der Waals surface area contributed by atoms with Gasteiger partial charge in [-0.25, -0.2) is 9.97 Å². The van der Waals surface area contributed by atoms with Crippen molar-refractivity contribution in [2.45, 2.75) is 19.3 Å². The fourth-order valence-corrected chi connectivity index (χ4v) is 2.65. The van der Waals surface area contributed by atoms with Crippen LogP contribution in [-0.2, 0) is 0 Å². The molecule has 0 aromatic carbocycles. The van der Waals surface area contributed by atoms with Crippen LogP contribution in [0.3, 0.4) is 0 Å². The summed E-state index contributed by atoms with van der Waals surface area (Å²) >= 11 is 0. The van der Waals surface area contributed by atoms with Crippen LogP contribution in [-0.4, -0.2) is 35.1 Å². The lowest BCUT2D eigenvalue weighted by molar-refractivity contribution is 0.338. The first-order valence-corrected chi connectivity index (χ1v) is 6.53. The summed E-state index contributed by atoms with van der Waals surface area (Å²) in [6, 6.07) is 2.01. The van der Waals surface area contributed by atoms with E-state index in [1.807, 2.05) is 19.3 Å². The first kappa shape index (κ1) is 11.5. The van der Waals surface area contributed by atoms with Crippen LogP contribution in [0.15, 0.2) is 12.3 Å². The summed E-state index contributed by atoms with van der Waals surface area (Å²) in [4.78, 5) is 12.5. The molecule has 2 atom stereocenters. The molecule has 0 unspecified atom stereocenters. The minimum atomic E-state index is 0.401. The van der Waals surface area contributed by atoms with Gasteiger partial charge >= 0.3 is 0 Å². The van der Waals surface area contributed by atoms with Crippen molar-refractivity contribution in [3.63, 3.8) is 0 Å². The lowest BCUT2D eigenvalue weighted by Gasteiger charge is -2.28. The number of hydrogen-bond donors (Lipinski definition) is 3. The zero-order valence-corrected chi connectivity index (χ0v) is 10.8. The monoisotopic (exact) mass is 245 g/mol. The minimum absolute atomic E-state index is 0.401. The van der Waals surface area contributed by atoms with Crippen LogP contribution in [0.2, 0.25) is 0 Å². The van der Waals surface area contributed by atoms with Crippen molar-refractivity contribution >= 4 is 16.9 Å². The standard InChI is InChI=1S/C13H19N5/c1-8-3-5-15-7-10(8)13-17-11(14-2)9-4-6-16-12(9)18-13/h4,6,8,10,15H,3,5,7H2,1-2H3,(H2,14,16,17,18)/t8-,10-/m1/s1. The number of aromatic nitrogens is 3. The van der Waals surface area contributed by atoms with E-state index in [1.54, 1.807) is 0 Å². The van der Waals surface area contributed by atoms with E-state index >= 15 is 0 Å². The maximum Gasteiger partial charge on any atom is 0.143 e. The molecule has 2 aromatic rings. The van der Waals surface area contributed by atoms with Gasteiger partial charge in [0.05, 0.1) is 5.39 Å². The second kappa shape index (κ2) is 4.57. The highest BCUT2D eigenvalue weighted by Gasteiger charge is 2.26. The second-order valence-electron chi connectivity index (χ2n) is 5.00. The molecule has 0 bridgehead atoms. The Balaban J connectivity index is 2.05. The first-order valence-electron chi connectivity index (χ1n) is 6.53. The maximum absolute atomic E-state index is 4.68. The SMILES string of the molecule is CNc1nc([C@@H]2CNCC[C@H]2C)nc2[nH]ccc12. The Morgan fingerprint density at radius 3 is 3.06 bits per heavy atom. The highest BCUT2D eigenvalue weighted by Crippen LogP contribution is 2.29. The van der Waals surface area contributed by atoms with Crippen molar-refractivity contribution in [1.29, 1.82) is 0 Å². The average Bonchev–Trinajstić information content (AvgIpc) is 2.86. The molecule has 3 N–H and O–H groups in total. The van der Waals surface area contributed by atoms with Gasteiger partial charge in [-0.05, 0) is 24.9 Å². The Morgan fingerprint density at radius 2 is 2.28 bits per heavy atom. The number of piperidine rings is 1. The fraction of sp³-hybridized carbons (Fsp3) is 0.538. The lowest BCUT2D eigenvalue weighted by atomic mass is 9.87. The highest BCUT2D eigenvalue weighted by molar-refractivity contribution is 5.86. The summed E-state index contributed by atoms with van der Waals surface area (Å²) in [5.41, 5.74) is 0.919. The maximum atomic E-state index is 4.68. The van der Waals surface area contributed by atoms with E-state index in [9.17, 15) is 0 Å². The normalized spacial score (nSPS) is 24.3. The summed E-state index contributed by atoms with van der Waals surface area (Å²) < 4.78 is 0. The molecule has 0 spiro atoms. The van der Waals surface area contributed by atoms with Crippen molar-refractivity contribution in [1.82, 2.24) is 20.3 Å². The second-order valence-corrected chi connectivity index (χ2v) is 5.00. The van der Waals surface area contributed by atoms with Crippen LogP contribution >= 0.6 is 0 Å². The molecule has 96 valence electrons. The van der Waals surface area contributed by atoms with E-state index in [-0.39, 0.29) is 0 Å². The van der Waals surface area contributed by atoms with Crippen LogP contribution in [0.5, 0.6) is 0 Å². The van der Waals surface area contributed by atoms with Gasteiger partial charge in [-0.15, -0.1) is 0 Å². The highest BCUT2D eigenvalue weighted by atomic mass is 15.1.